The molecule has 1 spiro atoms. The van der Waals surface area contributed by atoms with E-state index >= 15 is 0 Å². The van der Waals surface area contributed by atoms with E-state index < -0.39 is 11.4 Å². The largest absolute Gasteiger partial charge is 0.493 e. The summed E-state index contributed by atoms with van der Waals surface area (Å²) in [5, 5.41) is 28.6. The summed E-state index contributed by atoms with van der Waals surface area (Å²) in [5.74, 6) is -0.981. The first-order valence-corrected chi connectivity index (χ1v) is 13.7. The van der Waals surface area contributed by atoms with E-state index in [1.807, 2.05) is 26.8 Å². The molecule has 0 radical (unpaired) electrons. The highest BCUT2D eigenvalue weighted by atomic mass is 16.5. The van der Waals surface area contributed by atoms with Crippen LogP contribution < -0.4 is 15.4 Å². The van der Waals surface area contributed by atoms with Crippen LogP contribution in [0.3, 0.4) is 0 Å². The number of carboxylic acid groups (broad SMARTS) is 1. The number of nitrogens with zero attached hydrogens (tertiary/aromatic N) is 3. The third kappa shape index (κ3) is 5.80. The van der Waals surface area contributed by atoms with E-state index in [4.69, 9.17) is 9.84 Å². The number of amides is 2. The lowest BCUT2D eigenvalue weighted by molar-refractivity contribution is -0.137. The number of aliphatic carboxylic acids is 1. The molecule has 1 fully saturated rings. The van der Waals surface area contributed by atoms with Crippen molar-refractivity contribution in [1.29, 1.82) is 5.26 Å². The standard InChI is InChI=1S/C31H33N5O5/c1-30(2,3)36-18-22(17-33-36)34-28(39)21-9-10-26-23(14-21)31(11-12-41-26)15-24(31)29(40)35-25-13-19(16-32)7-8-20(25)5-4-6-27(37)38/h7-10,13-14,17-18,24H,4-6,11-12,15H2,1-3H3,(H,34,39)(H,35,40)(H,37,38)/t24-,31-/m0/s1. The maximum atomic E-state index is 13.5. The van der Waals surface area contributed by atoms with E-state index in [1.54, 1.807) is 47.4 Å². The van der Waals surface area contributed by atoms with Gasteiger partial charge in [0.25, 0.3) is 5.91 Å². The van der Waals surface area contributed by atoms with Crippen LogP contribution in [-0.2, 0) is 27.0 Å². The minimum absolute atomic E-state index is 0.0186. The first-order chi connectivity index (χ1) is 19.5. The molecule has 0 unspecified atom stereocenters. The van der Waals surface area contributed by atoms with Crippen molar-refractivity contribution in [3.05, 3.63) is 71.0 Å². The topological polar surface area (TPSA) is 146 Å². The molecule has 0 bridgehead atoms. The fourth-order valence-corrected chi connectivity index (χ4v) is 5.47. The Bertz CT molecular complexity index is 1560. The molecule has 1 aliphatic carbocycles. The Balaban J connectivity index is 1.33. The third-order valence-corrected chi connectivity index (χ3v) is 7.84. The van der Waals surface area contributed by atoms with Gasteiger partial charge in [0.05, 0.1) is 35.7 Å². The molecular weight excluding hydrogens is 522 g/mol. The van der Waals surface area contributed by atoms with E-state index in [1.165, 1.54) is 0 Å². The first kappa shape index (κ1) is 27.9. The molecule has 10 heteroatoms. The summed E-state index contributed by atoms with van der Waals surface area (Å²) in [6.45, 7) is 6.55. The predicted molar refractivity (Wildman–Crippen MR) is 152 cm³/mol. The Morgan fingerprint density at radius 1 is 1.20 bits per heavy atom. The number of carbonyl (C=O) groups is 3. The Hall–Kier alpha value is -4.65. The van der Waals surface area contributed by atoms with Gasteiger partial charge in [-0.1, -0.05) is 6.07 Å². The SMILES string of the molecule is CC(C)(C)n1cc(NC(=O)c2ccc3c(c2)[C@]2(CCO3)C[C@H]2C(=O)Nc2cc(C#N)ccc2CCCC(=O)O)cn1. The second-order valence-electron chi connectivity index (χ2n) is 11.7. The van der Waals surface area contributed by atoms with Gasteiger partial charge in [-0.05, 0) is 82.3 Å². The summed E-state index contributed by atoms with van der Waals surface area (Å²) in [6.07, 6.45) is 5.57. The number of nitrogens with one attached hydrogen (secondary N) is 2. The summed E-state index contributed by atoms with van der Waals surface area (Å²) in [4.78, 5) is 37.6. The fraction of sp³-hybridized carbons (Fsp3) is 0.387. The molecule has 3 N–H and O–H groups in total. The molecule has 2 aliphatic rings. The van der Waals surface area contributed by atoms with Crippen LogP contribution >= 0.6 is 0 Å². The van der Waals surface area contributed by atoms with Gasteiger partial charge >= 0.3 is 5.97 Å². The average Bonchev–Trinajstić information content (AvgIpc) is 3.43. The first-order valence-electron chi connectivity index (χ1n) is 13.7. The van der Waals surface area contributed by atoms with Gasteiger partial charge in [-0.15, -0.1) is 0 Å². The number of anilines is 2. The van der Waals surface area contributed by atoms with Gasteiger partial charge in [-0.25, -0.2) is 0 Å². The van der Waals surface area contributed by atoms with Crippen molar-refractivity contribution in [3.8, 4) is 11.8 Å². The molecule has 1 aromatic heterocycles. The van der Waals surface area contributed by atoms with Crippen molar-refractivity contribution < 1.29 is 24.2 Å². The lowest BCUT2D eigenvalue weighted by atomic mass is 9.86. The molecule has 5 rings (SSSR count). The van der Waals surface area contributed by atoms with Gasteiger partial charge < -0.3 is 20.5 Å². The number of benzene rings is 2. The van der Waals surface area contributed by atoms with E-state index in [9.17, 15) is 19.6 Å². The minimum atomic E-state index is -0.879. The molecule has 1 aliphatic heterocycles. The van der Waals surface area contributed by atoms with Gasteiger partial charge in [-0.2, -0.15) is 10.4 Å². The normalized spacial score (nSPS) is 19.0. The van der Waals surface area contributed by atoms with Crippen molar-refractivity contribution in [2.24, 2.45) is 5.92 Å². The average molecular weight is 556 g/mol. The molecule has 1 saturated carbocycles. The highest BCUT2D eigenvalue weighted by Gasteiger charge is 2.61. The Kier molecular flexibility index (Phi) is 7.30. The maximum Gasteiger partial charge on any atom is 0.303 e. The van der Waals surface area contributed by atoms with Gasteiger partial charge in [0.15, 0.2) is 0 Å². The van der Waals surface area contributed by atoms with Crippen molar-refractivity contribution in [2.45, 2.75) is 63.8 Å². The maximum absolute atomic E-state index is 13.5. The lowest BCUT2D eigenvalue weighted by Crippen LogP contribution is -2.27. The molecule has 10 nitrogen and oxygen atoms in total. The van der Waals surface area contributed by atoms with Crippen molar-refractivity contribution >= 4 is 29.2 Å². The third-order valence-electron chi connectivity index (χ3n) is 7.84. The Labute approximate surface area is 238 Å². The number of aryl methyl sites for hydroxylation is 1. The highest BCUT2D eigenvalue weighted by molar-refractivity contribution is 6.04. The molecule has 2 heterocycles. The molecule has 3 aromatic rings. The van der Waals surface area contributed by atoms with Crippen molar-refractivity contribution in [3.63, 3.8) is 0 Å². The van der Waals surface area contributed by atoms with E-state index in [2.05, 4.69) is 21.8 Å². The van der Waals surface area contributed by atoms with E-state index in [0.29, 0.717) is 60.5 Å². The Morgan fingerprint density at radius 3 is 2.71 bits per heavy atom. The van der Waals surface area contributed by atoms with Crippen LogP contribution in [0.4, 0.5) is 11.4 Å². The number of ether oxygens (including phenoxy) is 1. The number of carbonyl (C=O) groups excluding carboxylic acids is 2. The molecule has 212 valence electrons. The van der Waals surface area contributed by atoms with Gasteiger partial charge in [0, 0.05) is 40.8 Å². The summed E-state index contributed by atoms with van der Waals surface area (Å²) < 4.78 is 7.68. The molecule has 0 saturated heterocycles. The van der Waals surface area contributed by atoms with Gasteiger partial charge in [0.2, 0.25) is 5.91 Å². The number of carboxylic acids is 1. The summed E-state index contributed by atoms with van der Waals surface area (Å²) in [7, 11) is 0. The number of fused-ring (bicyclic) bond motifs is 2. The second-order valence-corrected chi connectivity index (χ2v) is 11.7. The number of rotatable bonds is 8. The lowest BCUT2D eigenvalue weighted by Gasteiger charge is -2.27. The number of hydrogen-bond acceptors (Lipinski definition) is 6. The molecule has 2 atom stereocenters. The van der Waals surface area contributed by atoms with Gasteiger partial charge in [0.1, 0.15) is 5.75 Å². The summed E-state index contributed by atoms with van der Waals surface area (Å²) >= 11 is 0. The summed E-state index contributed by atoms with van der Waals surface area (Å²) in [5.41, 5.74) is 2.97. The fourth-order valence-electron chi connectivity index (χ4n) is 5.47. The quantitative estimate of drug-likeness (QED) is 0.360. The second kappa shape index (κ2) is 10.7. The summed E-state index contributed by atoms with van der Waals surface area (Å²) in [6, 6.07) is 12.5. The van der Waals surface area contributed by atoms with Crippen molar-refractivity contribution in [2.75, 3.05) is 17.2 Å². The molecule has 41 heavy (non-hydrogen) atoms. The van der Waals surface area contributed by atoms with Crippen LogP contribution in [0.25, 0.3) is 0 Å². The molecule has 2 amide bonds. The van der Waals surface area contributed by atoms with E-state index in [0.717, 1.165) is 11.1 Å². The van der Waals surface area contributed by atoms with Crippen LogP contribution in [-0.4, -0.2) is 39.3 Å². The van der Waals surface area contributed by atoms with Crippen LogP contribution in [0, 0.1) is 17.2 Å². The van der Waals surface area contributed by atoms with Crippen LogP contribution in [0.2, 0.25) is 0 Å². The molecule has 2 aromatic carbocycles. The zero-order chi connectivity index (χ0) is 29.4. The van der Waals surface area contributed by atoms with E-state index in [-0.39, 0.29) is 29.7 Å². The molecular formula is C31H33N5O5. The monoisotopic (exact) mass is 555 g/mol. The number of hydrogen-bond donors (Lipinski definition) is 3. The zero-order valence-electron chi connectivity index (χ0n) is 23.4. The van der Waals surface area contributed by atoms with Gasteiger partial charge in [-0.3, -0.25) is 19.1 Å². The number of aromatic nitrogens is 2. The van der Waals surface area contributed by atoms with Crippen LogP contribution in [0.1, 0.15) is 73.5 Å². The number of nitriles is 1. The van der Waals surface area contributed by atoms with Crippen LogP contribution in [0.15, 0.2) is 48.8 Å². The van der Waals surface area contributed by atoms with Crippen LogP contribution in [0.5, 0.6) is 5.75 Å². The minimum Gasteiger partial charge on any atom is -0.493 e. The predicted octanol–water partition coefficient (Wildman–Crippen LogP) is 4.85. The van der Waals surface area contributed by atoms with Crippen molar-refractivity contribution in [1.82, 2.24) is 9.78 Å². The Morgan fingerprint density at radius 2 is 2.00 bits per heavy atom. The zero-order valence-corrected chi connectivity index (χ0v) is 23.4. The smallest absolute Gasteiger partial charge is 0.303 e. The highest BCUT2D eigenvalue weighted by Crippen LogP contribution is 2.61.